The average Bonchev–Trinajstić information content (AvgIpc) is 2.62. The molecule has 20 heavy (non-hydrogen) atoms. The van der Waals surface area contributed by atoms with E-state index in [1.165, 1.54) is 6.07 Å². The summed E-state index contributed by atoms with van der Waals surface area (Å²) in [4.78, 5) is 23.9. The van der Waals surface area contributed by atoms with Crippen LogP contribution in [-0.2, 0) is 4.79 Å². The van der Waals surface area contributed by atoms with E-state index in [1.807, 2.05) is 4.90 Å². The fourth-order valence-electron chi connectivity index (χ4n) is 2.22. The first-order chi connectivity index (χ1) is 9.49. The molecule has 0 aromatic heterocycles. The first-order valence-corrected chi connectivity index (χ1v) is 6.47. The van der Waals surface area contributed by atoms with Crippen LogP contribution >= 0.6 is 0 Å². The molecule has 2 rings (SSSR count). The highest BCUT2D eigenvalue weighted by molar-refractivity contribution is 5.77. The molecular weight excluding hydrogens is 262 g/mol. The van der Waals surface area contributed by atoms with Crippen LogP contribution in [0.4, 0.5) is 11.4 Å². The predicted molar refractivity (Wildman–Crippen MR) is 73.6 cm³/mol. The molecule has 0 aliphatic carbocycles. The molecule has 0 spiro atoms. The Bertz CT molecular complexity index is 530. The molecule has 1 fully saturated rings. The van der Waals surface area contributed by atoms with E-state index in [-0.39, 0.29) is 11.6 Å². The number of aliphatic hydroxyl groups is 1. The van der Waals surface area contributed by atoms with Crippen LogP contribution in [-0.4, -0.2) is 35.6 Å². The smallest absolute Gasteiger partial charge is 0.292 e. The molecule has 0 radical (unpaired) electrons. The van der Waals surface area contributed by atoms with E-state index in [1.54, 1.807) is 19.1 Å². The normalized spacial score (nSPS) is 17.3. The van der Waals surface area contributed by atoms with Crippen LogP contribution in [0.3, 0.4) is 0 Å². The number of benzene rings is 1. The summed E-state index contributed by atoms with van der Waals surface area (Å²) in [6, 6.07) is 4.70. The summed E-state index contributed by atoms with van der Waals surface area (Å²) in [6.07, 6.45) is -0.440. The molecule has 1 saturated heterocycles. The zero-order valence-corrected chi connectivity index (χ0v) is 11.2. The quantitative estimate of drug-likeness (QED) is 0.635. The Morgan fingerprint density at radius 3 is 2.85 bits per heavy atom. The second kappa shape index (κ2) is 5.87. The second-order valence-electron chi connectivity index (χ2n) is 4.77. The van der Waals surface area contributed by atoms with Gasteiger partial charge in [0.25, 0.3) is 5.69 Å². The topological polar surface area (TPSA) is 95.7 Å². The lowest BCUT2D eigenvalue weighted by Crippen LogP contribution is -2.28. The van der Waals surface area contributed by atoms with Crippen LogP contribution in [0.2, 0.25) is 0 Å². The minimum atomic E-state index is -0.755. The summed E-state index contributed by atoms with van der Waals surface area (Å²) in [6.45, 7) is 3.00. The SMILES string of the molecule is CC(O)c1ccc(N2CCNC(=O)CC2)c([N+](=O)[O-])c1. The maximum atomic E-state index is 11.3. The second-order valence-corrected chi connectivity index (χ2v) is 4.77. The largest absolute Gasteiger partial charge is 0.389 e. The Kier molecular flexibility index (Phi) is 4.19. The van der Waals surface area contributed by atoms with Crippen molar-refractivity contribution in [3.8, 4) is 0 Å². The fraction of sp³-hybridized carbons (Fsp3) is 0.462. The van der Waals surface area contributed by atoms with Crippen molar-refractivity contribution in [3.05, 3.63) is 33.9 Å². The van der Waals surface area contributed by atoms with Crippen molar-refractivity contribution in [1.82, 2.24) is 5.32 Å². The van der Waals surface area contributed by atoms with E-state index < -0.39 is 11.0 Å². The van der Waals surface area contributed by atoms with Gasteiger partial charge in [0.2, 0.25) is 5.91 Å². The van der Waals surface area contributed by atoms with Crippen LogP contribution in [0.1, 0.15) is 25.0 Å². The third-order valence-corrected chi connectivity index (χ3v) is 3.33. The monoisotopic (exact) mass is 279 g/mol. The number of carbonyl (C=O) groups is 1. The number of nitro benzene ring substituents is 1. The van der Waals surface area contributed by atoms with Gasteiger partial charge in [0.05, 0.1) is 11.0 Å². The minimum absolute atomic E-state index is 0.0438. The van der Waals surface area contributed by atoms with Crippen LogP contribution in [0.25, 0.3) is 0 Å². The first kappa shape index (κ1) is 14.3. The molecule has 7 heteroatoms. The van der Waals surface area contributed by atoms with Crippen molar-refractivity contribution in [1.29, 1.82) is 0 Å². The molecule has 1 aromatic rings. The predicted octanol–water partition coefficient (Wildman–Crippen LogP) is 0.974. The van der Waals surface area contributed by atoms with Gasteiger partial charge in [-0.2, -0.15) is 0 Å². The number of nitrogens with one attached hydrogen (secondary N) is 1. The number of hydrogen-bond acceptors (Lipinski definition) is 5. The molecule has 1 amide bonds. The Morgan fingerprint density at radius 2 is 2.20 bits per heavy atom. The highest BCUT2D eigenvalue weighted by Gasteiger charge is 2.23. The maximum Gasteiger partial charge on any atom is 0.292 e. The molecule has 7 nitrogen and oxygen atoms in total. The molecule has 1 aliphatic heterocycles. The van der Waals surface area contributed by atoms with E-state index in [9.17, 15) is 20.0 Å². The maximum absolute atomic E-state index is 11.3. The number of nitrogens with zero attached hydrogens (tertiary/aromatic N) is 2. The van der Waals surface area contributed by atoms with Gasteiger partial charge in [0, 0.05) is 32.1 Å². The summed E-state index contributed by atoms with van der Waals surface area (Å²) in [5.41, 5.74) is 0.943. The number of amides is 1. The lowest BCUT2D eigenvalue weighted by molar-refractivity contribution is -0.384. The molecular formula is C13H17N3O4. The van der Waals surface area contributed by atoms with Gasteiger partial charge in [-0.3, -0.25) is 14.9 Å². The van der Waals surface area contributed by atoms with Gasteiger partial charge in [-0.15, -0.1) is 0 Å². The van der Waals surface area contributed by atoms with E-state index in [0.29, 0.717) is 37.3 Å². The van der Waals surface area contributed by atoms with E-state index in [0.717, 1.165) is 0 Å². The van der Waals surface area contributed by atoms with Crippen molar-refractivity contribution in [2.45, 2.75) is 19.4 Å². The van der Waals surface area contributed by atoms with Gasteiger partial charge in [0.1, 0.15) is 5.69 Å². The van der Waals surface area contributed by atoms with Crippen molar-refractivity contribution >= 4 is 17.3 Å². The highest BCUT2D eigenvalue weighted by atomic mass is 16.6. The van der Waals surface area contributed by atoms with Gasteiger partial charge < -0.3 is 15.3 Å². The number of hydrogen-bond donors (Lipinski definition) is 2. The molecule has 1 aliphatic rings. The Hall–Kier alpha value is -2.15. The van der Waals surface area contributed by atoms with Crippen LogP contribution in [0, 0.1) is 10.1 Å². The third kappa shape index (κ3) is 3.05. The summed E-state index contributed by atoms with van der Waals surface area (Å²) in [7, 11) is 0. The number of rotatable bonds is 3. The van der Waals surface area contributed by atoms with Crippen molar-refractivity contribution in [2.75, 3.05) is 24.5 Å². The number of anilines is 1. The zero-order valence-electron chi connectivity index (χ0n) is 11.2. The molecule has 0 saturated carbocycles. The van der Waals surface area contributed by atoms with E-state index in [4.69, 9.17) is 0 Å². The van der Waals surface area contributed by atoms with Gasteiger partial charge in [-0.25, -0.2) is 0 Å². The van der Waals surface area contributed by atoms with Gasteiger partial charge >= 0.3 is 0 Å². The third-order valence-electron chi connectivity index (χ3n) is 3.33. The van der Waals surface area contributed by atoms with E-state index >= 15 is 0 Å². The summed E-state index contributed by atoms with van der Waals surface area (Å²) < 4.78 is 0. The molecule has 2 N–H and O–H groups in total. The summed E-state index contributed by atoms with van der Waals surface area (Å²) in [5, 5.41) is 23.5. The molecule has 1 atom stereocenters. The van der Waals surface area contributed by atoms with Crippen molar-refractivity contribution in [2.24, 2.45) is 0 Å². The highest BCUT2D eigenvalue weighted by Crippen LogP contribution is 2.31. The van der Waals surface area contributed by atoms with Gasteiger partial charge in [-0.05, 0) is 18.6 Å². The molecule has 108 valence electrons. The molecule has 1 aromatic carbocycles. The number of carbonyl (C=O) groups excluding carboxylic acids is 1. The van der Waals surface area contributed by atoms with Crippen LogP contribution < -0.4 is 10.2 Å². The van der Waals surface area contributed by atoms with E-state index in [2.05, 4.69) is 5.32 Å². The summed E-state index contributed by atoms with van der Waals surface area (Å²) in [5.74, 6) is -0.0456. The standard InChI is InChI=1S/C13H17N3O4/c1-9(17)10-2-3-11(12(8-10)16(19)20)15-6-4-13(18)14-5-7-15/h2-3,8-9,17H,4-7H2,1H3,(H,14,18). The first-order valence-electron chi connectivity index (χ1n) is 6.47. The average molecular weight is 279 g/mol. The zero-order chi connectivity index (χ0) is 14.7. The fourth-order valence-corrected chi connectivity index (χ4v) is 2.22. The lowest BCUT2D eigenvalue weighted by atomic mass is 10.1. The Morgan fingerprint density at radius 1 is 1.45 bits per heavy atom. The number of aliphatic hydroxyl groups excluding tert-OH is 1. The van der Waals surface area contributed by atoms with Crippen molar-refractivity contribution < 1.29 is 14.8 Å². The minimum Gasteiger partial charge on any atom is -0.389 e. The van der Waals surface area contributed by atoms with Crippen molar-refractivity contribution in [3.63, 3.8) is 0 Å². The molecule has 0 bridgehead atoms. The Balaban J connectivity index is 2.34. The van der Waals surface area contributed by atoms with Gasteiger partial charge in [-0.1, -0.05) is 6.07 Å². The van der Waals surface area contributed by atoms with Crippen LogP contribution in [0.5, 0.6) is 0 Å². The molecule has 1 unspecified atom stereocenters. The van der Waals surface area contributed by atoms with Crippen LogP contribution in [0.15, 0.2) is 18.2 Å². The Labute approximate surface area is 116 Å². The van der Waals surface area contributed by atoms with Gasteiger partial charge in [0.15, 0.2) is 0 Å². The number of nitro groups is 1. The molecule has 1 heterocycles. The lowest BCUT2D eigenvalue weighted by Gasteiger charge is -2.22. The summed E-state index contributed by atoms with van der Waals surface area (Å²) >= 11 is 0.